The quantitative estimate of drug-likeness (QED) is 0.207. The number of anilines is 2. The molecule has 6 heteroatoms. The number of nitrogens with zero attached hydrogens (tertiary/aromatic N) is 4. The molecular weight excluding hydrogens is 492 g/mol. The van der Waals surface area contributed by atoms with E-state index in [-0.39, 0.29) is 5.66 Å². The van der Waals surface area contributed by atoms with E-state index in [2.05, 4.69) is 97.1 Å². The first kappa shape index (κ1) is 25.7. The van der Waals surface area contributed by atoms with Crippen molar-refractivity contribution in [2.45, 2.75) is 46.2 Å². The summed E-state index contributed by atoms with van der Waals surface area (Å²) in [4.78, 5) is 0. The summed E-state index contributed by atoms with van der Waals surface area (Å²) in [5, 5.41) is 29.8. The van der Waals surface area contributed by atoms with Crippen molar-refractivity contribution >= 4 is 55.7 Å². The molecule has 0 bridgehead atoms. The second-order valence-electron chi connectivity index (χ2n) is 11.4. The smallest absolute Gasteiger partial charge is 0.102 e. The highest BCUT2D eigenvalue weighted by Crippen LogP contribution is 2.42. The SMILES string of the molecule is CC(C)CCc1ccc(N=Nc2ccc(N=Nc3ccc4c5c(cccc35)NC(C)(C)N4)c3ccccc23)cc1. The first-order valence-corrected chi connectivity index (χ1v) is 13.9. The zero-order valence-corrected chi connectivity index (χ0v) is 23.4. The highest BCUT2D eigenvalue weighted by Gasteiger charge is 2.25. The van der Waals surface area contributed by atoms with Gasteiger partial charge in [0.05, 0.1) is 22.7 Å². The van der Waals surface area contributed by atoms with Gasteiger partial charge >= 0.3 is 0 Å². The number of aryl methyl sites for hydroxylation is 1. The largest absolute Gasteiger partial charge is 0.363 e. The van der Waals surface area contributed by atoms with E-state index in [0.717, 1.165) is 62.1 Å². The van der Waals surface area contributed by atoms with Gasteiger partial charge in [0.2, 0.25) is 0 Å². The maximum atomic E-state index is 4.70. The van der Waals surface area contributed by atoms with Gasteiger partial charge < -0.3 is 10.6 Å². The van der Waals surface area contributed by atoms with Crippen LogP contribution in [0.3, 0.4) is 0 Å². The van der Waals surface area contributed by atoms with Crippen LogP contribution in [0.2, 0.25) is 0 Å². The summed E-state index contributed by atoms with van der Waals surface area (Å²) in [6, 6.07) is 30.8. The van der Waals surface area contributed by atoms with Gasteiger partial charge in [0.1, 0.15) is 5.66 Å². The molecule has 0 fully saturated rings. The average molecular weight is 527 g/mol. The molecule has 40 heavy (non-hydrogen) atoms. The fourth-order valence-corrected chi connectivity index (χ4v) is 5.24. The lowest BCUT2D eigenvalue weighted by atomic mass is 10.00. The van der Waals surface area contributed by atoms with Crippen molar-refractivity contribution in [2.75, 3.05) is 10.6 Å². The Morgan fingerprint density at radius 1 is 0.600 bits per heavy atom. The van der Waals surface area contributed by atoms with E-state index in [0.29, 0.717) is 5.92 Å². The zero-order valence-electron chi connectivity index (χ0n) is 23.4. The number of benzene rings is 5. The fraction of sp³-hybridized carbons (Fsp3) is 0.235. The highest BCUT2D eigenvalue weighted by molar-refractivity contribution is 6.09. The molecule has 5 aromatic carbocycles. The maximum Gasteiger partial charge on any atom is 0.102 e. The third-order valence-corrected chi connectivity index (χ3v) is 7.28. The average Bonchev–Trinajstić information content (AvgIpc) is 2.95. The molecule has 0 saturated carbocycles. The van der Waals surface area contributed by atoms with E-state index in [1.165, 1.54) is 12.0 Å². The summed E-state index contributed by atoms with van der Waals surface area (Å²) in [5.74, 6) is 0.699. The van der Waals surface area contributed by atoms with Crippen molar-refractivity contribution in [2.24, 2.45) is 26.4 Å². The van der Waals surface area contributed by atoms with E-state index in [1.54, 1.807) is 0 Å². The van der Waals surface area contributed by atoms with Gasteiger partial charge in [-0.3, -0.25) is 0 Å². The standard InChI is InChI=1S/C34H34N6/c1-22(2)12-13-23-14-16-24(17-15-23)37-38-28-18-19-29(26-9-6-5-8-25(26)28)39-40-30-20-21-32-33-27(30)10-7-11-31(33)35-34(3,4)36-32/h5-11,14-22,35-36H,12-13H2,1-4H3. The van der Waals surface area contributed by atoms with Gasteiger partial charge in [-0.1, -0.05) is 62.4 Å². The Morgan fingerprint density at radius 2 is 1.15 bits per heavy atom. The van der Waals surface area contributed by atoms with Crippen LogP contribution in [-0.4, -0.2) is 5.66 Å². The third kappa shape index (κ3) is 5.30. The number of hydrogen-bond acceptors (Lipinski definition) is 6. The van der Waals surface area contributed by atoms with E-state index in [4.69, 9.17) is 10.2 Å². The minimum atomic E-state index is -0.223. The zero-order chi connectivity index (χ0) is 27.7. The molecule has 6 rings (SSSR count). The van der Waals surface area contributed by atoms with Gasteiger partial charge in [0.15, 0.2) is 0 Å². The van der Waals surface area contributed by atoms with Gasteiger partial charge in [-0.05, 0) is 80.6 Å². The minimum Gasteiger partial charge on any atom is -0.363 e. The highest BCUT2D eigenvalue weighted by atomic mass is 15.2. The molecule has 5 aromatic rings. The minimum absolute atomic E-state index is 0.223. The van der Waals surface area contributed by atoms with Crippen molar-refractivity contribution in [1.82, 2.24) is 0 Å². The Bertz CT molecular complexity index is 1730. The van der Waals surface area contributed by atoms with E-state index < -0.39 is 0 Å². The molecule has 6 nitrogen and oxygen atoms in total. The van der Waals surface area contributed by atoms with Crippen LogP contribution in [0.4, 0.5) is 34.1 Å². The molecule has 0 saturated heterocycles. The Hall–Kier alpha value is -4.58. The molecule has 2 N–H and O–H groups in total. The summed E-state index contributed by atoms with van der Waals surface area (Å²) in [6.45, 7) is 8.76. The van der Waals surface area contributed by atoms with Crippen molar-refractivity contribution in [3.05, 3.63) is 96.6 Å². The molecule has 0 amide bonds. The van der Waals surface area contributed by atoms with Gasteiger partial charge in [0.25, 0.3) is 0 Å². The lowest BCUT2D eigenvalue weighted by Gasteiger charge is -2.36. The molecule has 1 aliphatic rings. The van der Waals surface area contributed by atoms with Crippen LogP contribution in [0, 0.1) is 5.92 Å². The Kier molecular flexibility index (Phi) is 6.76. The van der Waals surface area contributed by atoms with Crippen LogP contribution in [0.25, 0.3) is 21.5 Å². The van der Waals surface area contributed by atoms with Crippen LogP contribution < -0.4 is 10.6 Å². The normalized spacial score (nSPS) is 14.3. The molecule has 0 unspecified atom stereocenters. The summed E-state index contributed by atoms with van der Waals surface area (Å²) in [6.07, 6.45) is 2.27. The second kappa shape index (κ2) is 10.5. The van der Waals surface area contributed by atoms with Gasteiger partial charge in [-0.25, -0.2) is 0 Å². The molecule has 0 spiro atoms. The van der Waals surface area contributed by atoms with E-state index in [1.807, 2.05) is 42.5 Å². The Morgan fingerprint density at radius 3 is 1.80 bits per heavy atom. The molecule has 0 aliphatic carbocycles. The van der Waals surface area contributed by atoms with Crippen LogP contribution in [0.1, 0.15) is 39.7 Å². The first-order valence-electron chi connectivity index (χ1n) is 13.9. The predicted octanol–water partition coefficient (Wildman–Crippen LogP) is 11.0. The topological polar surface area (TPSA) is 73.5 Å². The summed E-state index contributed by atoms with van der Waals surface area (Å²) in [7, 11) is 0. The van der Waals surface area contributed by atoms with Crippen LogP contribution in [0.15, 0.2) is 111 Å². The number of nitrogens with one attached hydrogen (secondary N) is 2. The van der Waals surface area contributed by atoms with Gasteiger partial charge in [-0.15, -0.1) is 15.3 Å². The molecular formula is C34H34N6. The molecule has 1 aliphatic heterocycles. The predicted molar refractivity (Wildman–Crippen MR) is 167 cm³/mol. The number of rotatable bonds is 7. The van der Waals surface area contributed by atoms with Crippen molar-refractivity contribution < 1.29 is 0 Å². The van der Waals surface area contributed by atoms with Crippen molar-refractivity contribution in [1.29, 1.82) is 0 Å². The number of hydrogen-bond donors (Lipinski definition) is 2. The van der Waals surface area contributed by atoms with Gasteiger partial charge in [-0.2, -0.15) is 5.11 Å². The van der Waals surface area contributed by atoms with Crippen LogP contribution >= 0.6 is 0 Å². The van der Waals surface area contributed by atoms with Crippen LogP contribution in [-0.2, 0) is 6.42 Å². The van der Waals surface area contributed by atoms with Crippen LogP contribution in [0.5, 0.6) is 0 Å². The molecule has 0 radical (unpaired) electrons. The number of azo groups is 2. The third-order valence-electron chi connectivity index (χ3n) is 7.28. The lowest BCUT2D eigenvalue weighted by Crippen LogP contribution is -2.41. The Balaban J connectivity index is 1.29. The van der Waals surface area contributed by atoms with Gasteiger partial charge in [0, 0.05) is 32.9 Å². The van der Waals surface area contributed by atoms with Crippen molar-refractivity contribution in [3.63, 3.8) is 0 Å². The lowest BCUT2D eigenvalue weighted by molar-refractivity contribution is 0.587. The fourth-order valence-electron chi connectivity index (χ4n) is 5.24. The number of fused-ring (bicyclic) bond motifs is 1. The molecule has 0 aromatic heterocycles. The van der Waals surface area contributed by atoms with E-state index in [9.17, 15) is 0 Å². The first-order chi connectivity index (χ1) is 19.4. The molecule has 0 atom stereocenters. The monoisotopic (exact) mass is 526 g/mol. The summed E-state index contributed by atoms with van der Waals surface area (Å²) >= 11 is 0. The maximum absolute atomic E-state index is 4.70. The summed E-state index contributed by atoms with van der Waals surface area (Å²) in [5.41, 5.74) is 6.57. The van der Waals surface area contributed by atoms with Crippen molar-refractivity contribution in [3.8, 4) is 0 Å². The molecule has 1 heterocycles. The van der Waals surface area contributed by atoms with E-state index >= 15 is 0 Å². The molecule has 200 valence electrons. The summed E-state index contributed by atoms with van der Waals surface area (Å²) < 4.78 is 0. The Labute approximate surface area is 235 Å². The second-order valence-corrected chi connectivity index (χ2v) is 11.4.